The van der Waals surface area contributed by atoms with Crippen LogP contribution in [0.15, 0.2) is 0 Å². The molecule has 3 nitrogen and oxygen atoms in total. The van der Waals surface area contributed by atoms with E-state index in [4.69, 9.17) is 9.47 Å². The minimum Gasteiger partial charge on any atom is -0.396 e. The second-order valence-corrected chi connectivity index (χ2v) is 7.87. The van der Waals surface area contributed by atoms with E-state index in [1.54, 1.807) is 0 Å². The molecule has 1 spiro atoms. The first kappa shape index (κ1) is 8.46. The lowest BCUT2D eigenvalue weighted by Gasteiger charge is -2.37. The molecule has 1 saturated heterocycles. The van der Waals surface area contributed by atoms with Crippen LogP contribution >= 0.6 is 15.9 Å². The molecule has 7 fully saturated rings. The molecule has 2 bridgehead atoms. The highest BCUT2D eigenvalue weighted by Gasteiger charge is 3.08. The first-order valence-corrected chi connectivity index (χ1v) is 7.12. The standard InChI is InChI=1S/C12H13BrO3/c13-11-6-4-5(6)10(3-14)8(9(10)11)7(4)12(11)15-1-2-16-12/h4-9,14H,1-3H2/t4-,5+,6+,7-,8+,9-,10+,11-/m1/s1. The van der Waals surface area contributed by atoms with E-state index in [9.17, 15) is 5.11 Å². The van der Waals surface area contributed by atoms with Crippen LogP contribution in [-0.2, 0) is 9.47 Å². The number of alkyl halides is 1. The Hall–Kier alpha value is 0.360. The van der Waals surface area contributed by atoms with Gasteiger partial charge in [0.05, 0.1) is 17.5 Å². The van der Waals surface area contributed by atoms with Crippen molar-refractivity contribution in [2.75, 3.05) is 19.8 Å². The Morgan fingerprint density at radius 3 is 2.31 bits per heavy atom. The van der Waals surface area contributed by atoms with Gasteiger partial charge < -0.3 is 14.6 Å². The first-order valence-electron chi connectivity index (χ1n) is 6.33. The van der Waals surface area contributed by atoms with E-state index in [1.807, 2.05) is 0 Å². The fourth-order valence-electron chi connectivity index (χ4n) is 6.92. The van der Waals surface area contributed by atoms with Crippen molar-refractivity contribution in [3.8, 4) is 0 Å². The Kier molecular flexibility index (Phi) is 0.979. The summed E-state index contributed by atoms with van der Waals surface area (Å²) in [6, 6.07) is 0. The average molecular weight is 285 g/mol. The molecule has 0 aromatic rings. The van der Waals surface area contributed by atoms with E-state index in [1.165, 1.54) is 0 Å². The third-order valence-electron chi connectivity index (χ3n) is 6.85. The summed E-state index contributed by atoms with van der Waals surface area (Å²) in [5.41, 5.74) is 0.282. The third-order valence-corrected chi connectivity index (χ3v) is 8.42. The van der Waals surface area contributed by atoms with Crippen LogP contribution in [0.3, 0.4) is 0 Å². The smallest absolute Gasteiger partial charge is 0.187 e. The normalized spacial score (nSPS) is 77.6. The minimum absolute atomic E-state index is 0.0594. The predicted octanol–water partition coefficient (Wildman–Crippen LogP) is 0.607. The van der Waals surface area contributed by atoms with Gasteiger partial charge in [0.2, 0.25) is 0 Å². The van der Waals surface area contributed by atoms with Crippen LogP contribution in [0.1, 0.15) is 0 Å². The summed E-state index contributed by atoms with van der Waals surface area (Å²) in [5, 5.41) is 9.74. The van der Waals surface area contributed by atoms with Crippen molar-refractivity contribution < 1.29 is 14.6 Å². The molecule has 7 aliphatic rings. The Morgan fingerprint density at radius 1 is 1.12 bits per heavy atom. The summed E-state index contributed by atoms with van der Waals surface area (Å²) in [6.45, 7) is 1.89. The molecule has 86 valence electrons. The molecule has 0 aromatic heterocycles. The highest BCUT2D eigenvalue weighted by Crippen LogP contribution is 3.04. The van der Waals surface area contributed by atoms with Crippen molar-refractivity contribution >= 4 is 15.9 Å². The Bertz CT molecular complexity index is 448. The number of aliphatic hydroxyl groups is 1. The molecule has 6 saturated carbocycles. The number of halogens is 1. The molecular weight excluding hydrogens is 272 g/mol. The van der Waals surface area contributed by atoms with Gasteiger partial charge in [0, 0.05) is 17.9 Å². The second kappa shape index (κ2) is 1.85. The lowest BCUT2D eigenvalue weighted by molar-refractivity contribution is -0.193. The maximum Gasteiger partial charge on any atom is 0.187 e. The molecule has 4 heteroatoms. The quantitative estimate of drug-likeness (QED) is 0.717. The second-order valence-electron chi connectivity index (χ2n) is 6.56. The van der Waals surface area contributed by atoms with E-state index in [0.717, 1.165) is 31.0 Å². The minimum atomic E-state index is -0.302. The van der Waals surface area contributed by atoms with E-state index >= 15 is 0 Å². The number of aliphatic hydroxyl groups excluding tert-OH is 1. The average Bonchev–Trinajstić information content (AvgIpc) is 2.97. The SMILES string of the molecule is OC[C@]12[C@H]3[C@H]4[C@@H]5[C@H]1[C@H]2[C@](Br)([C@@H]43)C51OCCO1. The van der Waals surface area contributed by atoms with Crippen LogP contribution in [0, 0.1) is 40.9 Å². The van der Waals surface area contributed by atoms with E-state index < -0.39 is 0 Å². The van der Waals surface area contributed by atoms with Crippen molar-refractivity contribution in [2.24, 2.45) is 40.9 Å². The molecule has 6 aliphatic carbocycles. The van der Waals surface area contributed by atoms with Gasteiger partial charge in [0.15, 0.2) is 5.79 Å². The van der Waals surface area contributed by atoms with E-state index in [-0.39, 0.29) is 15.5 Å². The van der Waals surface area contributed by atoms with Crippen LogP contribution in [0.25, 0.3) is 0 Å². The number of ether oxygens (including phenoxy) is 2. The summed E-state index contributed by atoms with van der Waals surface area (Å²) in [4.78, 5) is 0. The molecule has 0 aromatic carbocycles. The van der Waals surface area contributed by atoms with Crippen molar-refractivity contribution in [1.29, 1.82) is 0 Å². The fraction of sp³-hybridized carbons (Fsp3) is 1.00. The predicted molar refractivity (Wildman–Crippen MR) is 56.8 cm³/mol. The van der Waals surface area contributed by atoms with Gasteiger partial charge in [-0.3, -0.25) is 0 Å². The summed E-state index contributed by atoms with van der Waals surface area (Å²) < 4.78 is 12.1. The lowest BCUT2D eigenvalue weighted by Crippen LogP contribution is -2.50. The van der Waals surface area contributed by atoms with E-state index in [2.05, 4.69) is 15.9 Å². The zero-order chi connectivity index (χ0) is 10.5. The zero-order valence-electron chi connectivity index (χ0n) is 8.73. The summed E-state index contributed by atoms with van der Waals surface area (Å²) in [5.74, 6) is 3.92. The van der Waals surface area contributed by atoms with Crippen molar-refractivity contribution in [1.82, 2.24) is 0 Å². The van der Waals surface area contributed by atoms with Gasteiger partial charge in [-0.1, -0.05) is 15.9 Å². The van der Waals surface area contributed by atoms with Gasteiger partial charge in [0.25, 0.3) is 0 Å². The van der Waals surface area contributed by atoms with Crippen LogP contribution in [0.5, 0.6) is 0 Å². The molecule has 0 unspecified atom stereocenters. The number of hydrogen-bond acceptors (Lipinski definition) is 3. The first-order chi connectivity index (χ1) is 7.75. The monoisotopic (exact) mass is 284 g/mol. The summed E-state index contributed by atoms with van der Waals surface area (Å²) >= 11 is 4.02. The van der Waals surface area contributed by atoms with Crippen LogP contribution < -0.4 is 0 Å². The van der Waals surface area contributed by atoms with Gasteiger partial charge >= 0.3 is 0 Å². The van der Waals surface area contributed by atoms with Gasteiger partial charge in [-0.2, -0.15) is 0 Å². The Labute approximate surface area is 102 Å². The van der Waals surface area contributed by atoms with Crippen LogP contribution in [-0.4, -0.2) is 35.0 Å². The molecule has 0 radical (unpaired) electrons. The maximum absolute atomic E-state index is 9.74. The highest BCUT2D eigenvalue weighted by molar-refractivity contribution is 9.10. The molecule has 1 heterocycles. The van der Waals surface area contributed by atoms with E-state index in [0.29, 0.717) is 24.4 Å². The fourth-order valence-corrected chi connectivity index (χ4v) is 8.71. The molecule has 7 rings (SSSR count). The summed E-state index contributed by atoms with van der Waals surface area (Å²) in [7, 11) is 0. The molecule has 8 atom stereocenters. The van der Waals surface area contributed by atoms with Gasteiger partial charge in [0.1, 0.15) is 0 Å². The highest BCUT2D eigenvalue weighted by atomic mass is 79.9. The van der Waals surface area contributed by atoms with Crippen molar-refractivity contribution in [3.05, 3.63) is 0 Å². The van der Waals surface area contributed by atoms with Crippen LogP contribution in [0.4, 0.5) is 0 Å². The van der Waals surface area contributed by atoms with Crippen molar-refractivity contribution in [2.45, 2.75) is 10.1 Å². The third kappa shape index (κ3) is 0.428. The molecule has 1 aliphatic heterocycles. The molecule has 0 amide bonds. The van der Waals surface area contributed by atoms with Gasteiger partial charge in [-0.15, -0.1) is 0 Å². The molecule has 16 heavy (non-hydrogen) atoms. The largest absolute Gasteiger partial charge is 0.396 e. The Balaban J connectivity index is 1.63. The van der Waals surface area contributed by atoms with Crippen LogP contribution in [0.2, 0.25) is 0 Å². The molecular formula is C12H13BrO3. The zero-order valence-corrected chi connectivity index (χ0v) is 10.3. The lowest BCUT2D eigenvalue weighted by atomic mass is 9.94. The van der Waals surface area contributed by atoms with Crippen molar-refractivity contribution in [3.63, 3.8) is 0 Å². The van der Waals surface area contributed by atoms with Gasteiger partial charge in [-0.05, 0) is 29.6 Å². The maximum atomic E-state index is 9.74. The molecule has 1 N–H and O–H groups in total. The Morgan fingerprint density at radius 2 is 1.88 bits per heavy atom. The number of hydrogen-bond donors (Lipinski definition) is 1. The van der Waals surface area contributed by atoms with Gasteiger partial charge in [-0.25, -0.2) is 0 Å². The topological polar surface area (TPSA) is 38.7 Å². The number of rotatable bonds is 1. The summed E-state index contributed by atoms with van der Waals surface area (Å²) in [6.07, 6.45) is 0.